The number of rotatable bonds is 2. The average Bonchev–Trinajstić information content (AvgIpc) is 2.66. The summed E-state index contributed by atoms with van der Waals surface area (Å²) in [6, 6.07) is 3.87. The molecule has 2 aromatic rings. The van der Waals surface area contributed by atoms with Crippen molar-refractivity contribution in [1.29, 1.82) is 0 Å². The van der Waals surface area contributed by atoms with Gasteiger partial charge in [-0.1, -0.05) is 6.07 Å². The maximum absolute atomic E-state index is 13.0. The fourth-order valence-electron chi connectivity index (χ4n) is 1.29. The number of halogens is 1. The van der Waals surface area contributed by atoms with Gasteiger partial charge in [0.2, 0.25) is 5.82 Å². The molecule has 0 aliphatic heterocycles. The Hall–Kier alpha value is -1.49. The minimum absolute atomic E-state index is 0.144. The van der Waals surface area contributed by atoms with Gasteiger partial charge in [0, 0.05) is 11.3 Å². The number of aromatic amines is 1. The summed E-state index contributed by atoms with van der Waals surface area (Å²) >= 11 is 1.58. The van der Waals surface area contributed by atoms with Crippen LogP contribution in [0.3, 0.4) is 0 Å². The number of nitrogens with one attached hydrogen (secondary N) is 1. The molecule has 2 heterocycles. The summed E-state index contributed by atoms with van der Waals surface area (Å²) in [4.78, 5) is 18.6. The summed E-state index contributed by atoms with van der Waals surface area (Å²) in [5.41, 5.74) is -0.556. The van der Waals surface area contributed by atoms with Crippen LogP contribution >= 0.6 is 11.3 Å². The van der Waals surface area contributed by atoms with Crippen molar-refractivity contribution < 1.29 is 4.39 Å². The van der Waals surface area contributed by atoms with Crippen molar-refractivity contribution in [2.45, 2.75) is 13.3 Å². The second-order valence-corrected chi connectivity index (χ2v) is 4.20. The predicted octanol–water partition coefficient (Wildman–Crippen LogP) is 1.87. The van der Waals surface area contributed by atoms with Gasteiger partial charge in [0.15, 0.2) is 0 Å². The van der Waals surface area contributed by atoms with Gasteiger partial charge in [-0.2, -0.15) is 4.39 Å². The molecule has 78 valence electrons. The molecule has 0 saturated heterocycles. The van der Waals surface area contributed by atoms with E-state index in [1.807, 2.05) is 17.5 Å². The molecule has 0 spiro atoms. The molecule has 0 aromatic carbocycles. The van der Waals surface area contributed by atoms with E-state index in [1.54, 1.807) is 11.3 Å². The molecule has 15 heavy (non-hydrogen) atoms. The van der Waals surface area contributed by atoms with Crippen molar-refractivity contribution in [2.24, 2.45) is 0 Å². The van der Waals surface area contributed by atoms with Crippen LogP contribution in [0.4, 0.5) is 4.39 Å². The van der Waals surface area contributed by atoms with Crippen molar-refractivity contribution in [2.75, 3.05) is 0 Å². The Bertz CT molecular complexity index is 519. The first-order valence-corrected chi connectivity index (χ1v) is 5.32. The van der Waals surface area contributed by atoms with E-state index in [-0.39, 0.29) is 5.69 Å². The molecule has 0 aliphatic carbocycles. The summed E-state index contributed by atoms with van der Waals surface area (Å²) in [7, 11) is 0. The second-order valence-electron chi connectivity index (χ2n) is 3.17. The van der Waals surface area contributed by atoms with Gasteiger partial charge in [0.05, 0.1) is 5.69 Å². The third-order valence-electron chi connectivity index (χ3n) is 2.00. The van der Waals surface area contributed by atoms with Crippen molar-refractivity contribution in [3.63, 3.8) is 0 Å². The molecule has 1 N–H and O–H groups in total. The highest BCUT2D eigenvalue weighted by molar-refractivity contribution is 7.09. The predicted molar refractivity (Wildman–Crippen MR) is 56.7 cm³/mol. The van der Waals surface area contributed by atoms with E-state index in [0.29, 0.717) is 12.2 Å². The summed E-state index contributed by atoms with van der Waals surface area (Å²) in [5, 5.41) is 1.95. The number of nitrogens with zero attached hydrogens (tertiary/aromatic N) is 1. The summed E-state index contributed by atoms with van der Waals surface area (Å²) in [6.07, 6.45) is 0.536. The first kappa shape index (κ1) is 10.0. The van der Waals surface area contributed by atoms with Crippen LogP contribution in [0, 0.1) is 12.7 Å². The fourth-order valence-corrected chi connectivity index (χ4v) is 2.00. The number of thiophene rings is 1. The molecule has 2 rings (SSSR count). The molecular formula is C10H9FN2OS. The van der Waals surface area contributed by atoms with Crippen LogP contribution in [0.5, 0.6) is 0 Å². The Balaban J connectivity index is 2.34. The Kier molecular flexibility index (Phi) is 2.64. The van der Waals surface area contributed by atoms with Gasteiger partial charge in [0.1, 0.15) is 5.82 Å². The van der Waals surface area contributed by atoms with Crippen molar-refractivity contribution in [3.8, 4) is 0 Å². The monoisotopic (exact) mass is 224 g/mol. The van der Waals surface area contributed by atoms with Crippen LogP contribution in [-0.2, 0) is 6.42 Å². The molecule has 0 bridgehead atoms. The molecule has 0 radical (unpaired) electrons. The Morgan fingerprint density at radius 2 is 2.40 bits per heavy atom. The van der Waals surface area contributed by atoms with Gasteiger partial charge in [-0.05, 0) is 18.4 Å². The summed E-state index contributed by atoms with van der Waals surface area (Å²) in [6.45, 7) is 1.49. The highest BCUT2D eigenvalue weighted by atomic mass is 32.1. The zero-order valence-electron chi connectivity index (χ0n) is 8.08. The van der Waals surface area contributed by atoms with Crippen LogP contribution in [0.2, 0.25) is 0 Å². The summed E-state index contributed by atoms with van der Waals surface area (Å²) < 4.78 is 13.0. The smallest absolute Gasteiger partial charge is 0.287 e. The fraction of sp³-hybridized carbons (Fsp3) is 0.200. The van der Waals surface area contributed by atoms with Gasteiger partial charge in [-0.25, -0.2) is 4.98 Å². The third-order valence-corrected chi connectivity index (χ3v) is 2.88. The quantitative estimate of drug-likeness (QED) is 0.846. The van der Waals surface area contributed by atoms with E-state index in [4.69, 9.17) is 0 Å². The molecule has 3 nitrogen and oxygen atoms in total. The maximum atomic E-state index is 13.0. The molecule has 0 atom stereocenters. The van der Waals surface area contributed by atoms with E-state index in [1.165, 1.54) is 6.92 Å². The van der Waals surface area contributed by atoms with Gasteiger partial charge in [-0.15, -0.1) is 11.3 Å². The molecule has 0 fully saturated rings. The van der Waals surface area contributed by atoms with Crippen LogP contribution in [0.1, 0.15) is 16.4 Å². The lowest BCUT2D eigenvalue weighted by molar-refractivity contribution is 0.583. The first-order valence-electron chi connectivity index (χ1n) is 4.44. The van der Waals surface area contributed by atoms with Gasteiger partial charge < -0.3 is 4.98 Å². The first-order chi connectivity index (χ1) is 7.16. The van der Waals surface area contributed by atoms with Gasteiger partial charge >= 0.3 is 0 Å². The number of H-pyrrole nitrogens is 1. The topological polar surface area (TPSA) is 45.8 Å². The minimum atomic E-state index is -0.801. The number of aryl methyl sites for hydroxylation is 1. The minimum Gasteiger partial charge on any atom is -0.308 e. The van der Waals surface area contributed by atoms with Crippen LogP contribution in [0.15, 0.2) is 22.3 Å². The molecule has 2 aromatic heterocycles. The standard InChI is InChI=1S/C10H9FN2OS/c1-6-9(11)10(14)13-8(12-6)5-7-3-2-4-15-7/h2-4H,5H2,1H3,(H,12,13,14). The van der Waals surface area contributed by atoms with Crippen molar-refractivity contribution in [3.05, 3.63) is 50.1 Å². The molecule has 5 heteroatoms. The summed E-state index contributed by atoms with van der Waals surface area (Å²) in [5.74, 6) is -0.300. The van der Waals surface area contributed by atoms with E-state index in [9.17, 15) is 9.18 Å². The van der Waals surface area contributed by atoms with Crippen molar-refractivity contribution >= 4 is 11.3 Å². The van der Waals surface area contributed by atoms with Crippen molar-refractivity contribution in [1.82, 2.24) is 9.97 Å². The van der Waals surface area contributed by atoms with Crippen LogP contribution in [-0.4, -0.2) is 9.97 Å². The van der Waals surface area contributed by atoms with Crippen LogP contribution < -0.4 is 5.56 Å². The lowest BCUT2D eigenvalue weighted by Gasteiger charge is -2.00. The van der Waals surface area contributed by atoms with E-state index in [2.05, 4.69) is 9.97 Å². The molecule has 0 saturated carbocycles. The number of hydrogen-bond donors (Lipinski definition) is 1. The molecular weight excluding hydrogens is 215 g/mol. The van der Waals surface area contributed by atoms with E-state index < -0.39 is 11.4 Å². The molecule has 0 aliphatic rings. The normalized spacial score (nSPS) is 10.5. The Morgan fingerprint density at radius 1 is 1.60 bits per heavy atom. The highest BCUT2D eigenvalue weighted by Gasteiger charge is 2.07. The molecule has 0 unspecified atom stereocenters. The SMILES string of the molecule is Cc1nc(Cc2cccs2)[nH]c(=O)c1F. The van der Waals surface area contributed by atoms with E-state index >= 15 is 0 Å². The Labute approximate surface area is 89.6 Å². The average molecular weight is 224 g/mol. The lowest BCUT2D eigenvalue weighted by atomic mass is 10.3. The van der Waals surface area contributed by atoms with E-state index in [0.717, 1.165) is 4.88 Å². The van der Waals surface area contributed by atoms with Gasteiger partial charge in [0.25, 0.3) is 5.56 Å². The maximum Gasteiger partial charge on any atom is 0.287 e. The zero-order valence-corrected chi connectivity index (χ0v) is 8.90. The zero-order chi connectivity index (χ0) is 10.8. The number of hydrogen-bond acceptors (Lipinski definition) is 3. The highest BCUT2D eigenvalue weighted by Crippen LogP contribution is 2.11. The number of aromatic nitrogens is 2. The van der Waals surface area contributed by atoms with Crippen LogP contribution in [0.25, 0.3) is 0 Å². The second kappa shape index (κ2) is 3.94. The molecule has 0 amide bonds. The lowest BCUT2D eigenvalue weighted by Crippen LogP contribution is -2.17. The third kappa shape index (κ3) is 2.12. The largest absolute Gasteiger partial charge is 0.308 e. The van der Waals surface area contributed by atoms with Gasteiger partial charge in [-0.3, -0.25) is 4.79 Å². The Morgan fingerprint density at radius 3 is 3.00 bits per heavy atom.